The van der Waals surface area contributed by atoms with E-state index in [-0.39, 0.29) is 16.9 Å². The fourth-order valence-corrected chi connectivity index (χ4v) is 2.52. The lowest BCUT2D eigenvalue weighted by molar-refractivity contribution is 0.0760. The second-order valence-corrected chi connectivity index (χ2v) is 6.42. The molecule has 1 amide bonds. The molecule has 0 saturated carbocycles. The Bertz CT molecular complexity index is 555. The van der Waals surface area contributed by atoms with Crippen LogP contribution in [-0.2, 0) is 0 Å². The Kier molecular flexibility index (Phi) is 3.98. The van der Waals surface area contributed by atoms with Gasteiger partial charge in [-0.15, -0.1) is 0 Å². The van der Waals surface area contributed by atoms with Gasteiger partial charge in [0.05, 0.1) is 5.56 Å². The average molecular weight is 275 g/mol. The van der Waals surface area contributed by atoms with Gasteiger partial charge in [0.1, 0.15) is 5.82 Å². The largest absolute Gasteiger partial charge is 0.335 e. The zero-order chi connectivity index (χ0) is 14.9. The first kappa shape index (κ1) is 14.8. The van der Waals surface area contributed by atoms with Gasteiger partial charge in [-0.1, -0.05) is 44.6 Å². The van der Waals surface area contributed by atoms with Crippen molar-refractivity contribution in [1.82, 2.24) is 4.90 Å². The summed E-state index contributed by atoms with van der Waals surface area (Å²) in [6.07, 6.45) is 2.97. The third-order valence-corrected chi connectivity index (χ3v) is 3.88. The molecule has 3 heteroatoms. The summed E-state index contributed by atoms with van der Waals surface area (Å²) < 4.78 is 14.0. The summed E-state index contributed by atoms with van der Waals surface area (Å²) in [6.45, 7) is 9.44. The highest BCUT2D eigenvalue weighted by Gasteiger charge is 2.25. The molecule has 0 bridgehead atoms. The van der Waals surface area contributed by atoms with Crippen LogP contribution in [0.15, 0.2) is 29.8 Å². The highest BCUT2D eigenvalue weighted by atomic mass is 19.1. The summed E-state index contributed by atoms with van der Waals surface area (Å²) in [5.74, 6) is -0.612. The van der Waals surface area contributed by atoms with Crippen molar-refractivity contribution in [3.63, 3.8) is 0 Å². The predicted molar refractivity (Wildman–Crippen MR) is 79.2 cm³/mol. The van der Waals surface area contributed by atoms with E-state index in [1.807, 2.05) is 0 Å². The van der Waals surface area contributed by atoms with Crippen LogP contribution in [0.3, 0.4) is 0 Å². The summed E-state index contributed by atoms with van der Waals surface area (Å²) in [5, 5.41) is 0. The lowest BCUT2D eigenvalue weighted by Crippen LogP contribution is -2.36. The van der Waals surface area contributed by atoms with Gasteiger partial charge in [0.15, 0.2) is 0 Å². The number of aryl methyl sites for hydroxylation is 1. The molecule has 0 spiro atoms. The molecule has 0 unspecified atom stereocenters. The van der Waals surface area contributed by atoms with Crippen LogP contribution in [0, 0.1) is 18.2 Å². The van der Waals surface area contributed by atoms with Crippen LogP contribution in [0.5, 0.6) is 0 Å². The molecule has 1 aliphatic rings. The third-order valence-electron chi connectivity index (χ3n) is 3.88. The first-order chi connectivity index (χ1) is 9.30. The molecule has 2 rings (SSSR count). The van der Waals surface area contributed by atoms with Gasteiger partial charge in [-0.05, 0) is 30.4 Å². The Labute approximate surface area is 120 Å². The molecule has 0 aliphatic carbocycles. The molecule has 0 saturated heterocycles. The minimum Gasteiger partial charge on any atom is -0.335 e. The van der Waals surface area contributed by atoms with Gasteiger partial charge in [-0.3, -0.25) is 4.79 Å². The van der Waals surface area contributed by atoms with Crippen LogP contribution in [0.1, 0.15) is 43.1 Å². The number of rotatable bonds is 1. The van der Waals surface area contributed by atoms with E-state index in [2.05, 4.69) is 26.8 Å². The van der Waals surface area contributed by atoms with E-state index >= 15 is 0 Å². The highest BCUT2D eigenvalue weighted by Crippen LogP contribution is 2.30. The molecule has 0 fully saturated rings. The Balaban J connectivity index is 2.17. The highest BCUT2D eigenvalue weighted by molar-refractivity contribution is 5.95. The maximum atomic E-state index is 14.0. The Morgan fingerprint density at radius 1 is 1.30 bits per heavy atom. The summed E-state index contributed by atoms with van der Waals surface area (Å²) in [5.41, 5.74) is 2.20. The Morgan fingerprint density at radius 3 is 2.55 bits per heavy atom. The molecule has 0 radical (unpaired) electrons. The normalized spacial score (nSPS) is 16.1. The lowest BCUT2D eigenvalue weighted by atomic mass is 9.83. The molecule has 1 aromatic carbocycles. The van der Waals surface area contributed by atoms with E-state index in [0.717, 1.165) is 6.42 Å². The topological polar surface area (TPSA) is 20.3 Å². The van der Waals surface area contributed by atoms with Crippen molar-refractivity contribution >= 4 is 5.91 Å². The van der Waals surface area contributed by atoms with Gasteiger partial charge in [-0.2, -0.15) is 0 Å². The van der Waals surface area contributed by atoms with Crippen molar-refractivity contribution in [2.75, 3.05) is 13.1 Å². The van der Waals surface area contributed by atoms with Crippen LogP contribution in [0.25, 0.3) is 0 Å². The van der Waals surface area contributed by atoms with Gasteiger partial charge in [0.25, 0.3) is 5.91 Å². The van der Waals surface area contributed by atoms with E-state index in [1.165, 1.54) is 5.57 Å². The van der Waals surface area contributed by atoms with Crippen molar-refractivity contribution < 1.29 is 9.18 Å². The smallest absolute Gasteiger partial charge is 0.257 e. The van der Waals surface area contributed by atoms with Crippen LogP contribution in [0.2, 0.25) is 0 Å². The number of carbonyl (C=O) groups excluding carboxylic acids is 1. The number of hydrogen-bond donors (Lipinski definition) is 0. The molecule has 20 heavy (non-hydrogen) atoms. The minimum absolute atomic E-state index is 0.143. The number of amides is 1. The van der Waals surface area contributed by atoms with Gasteiger partial charge in [-0.25, -0.2) is 4.39 Å². The summed E-state index contributed by atoms with van der Waals surface area (Å²) in [7, 11) is 0. The first-order valence-corrected chi connectivity index (χ1v) is 7.04. The number of halogens is 1. The van der Waals surface area contributed by atoms with Crippen molar-refractivity contribution in [3.8, 4) is 0 Å². The number of carbonyl (C=O) groups is 1. The molecular formula is C17H22FNO. The van der Waals surface area contributed by atoms with Crippen molar-refractivity contribution in [2.45, 2.75) is 34.1 Å². The maximum Gasteiger partial charge on any atom is 0.257 e. The first-order valence-electron chi connectivity index (χ1n) is 7.04. The fraction of sp³-hybridized carbons (Fsp3) is 0.471. The van der Waals surface area contributed by atoms with Gasteiger partial charge in [0.2, 0.25) is 0 Å². The van der Waals surface area contributed by atoms with Crippen molar-refractivity contribution in [3.05, 3.63) is 46.8 Å². The van der Waals surface area contributed by atoms with Crippen LogP contribution in [0.4, 0.5) is 4.39 Å². The minimum atomic E-state index is -0.400. The Morgan fingerprint density at radius 2 is 2.00 bits per heavy atom. The molecule has 0 N–H and O–H groups in total. The average Bonchev–Trinajstić information content (AvgIpc) is 2.40. The fourth-order valence-electron chi connectivity index (χ4n) is 2.52. The molecule has 0 aromatic heterocycles. The van der Waals surface area contributed by atoms with Gasteiger partial charge in [0, 0.05) is 13.1 Å². The van der Waals surface area contributed by atoms with Crippen LogP contribution in [-0.4, -0.2) is 23.9 Å². The molecule has 0 atom stereocenters. The number of benzene rings is 1. The third kappa shape index (κ3) is 2.92. The standard InChI is InChI=1S/C17H22FNO/c1-12-6-5-7-14(15(12)18)16(20)19-10-8-13(9-11-19)17(2,3)4/h5-8H,9-11H2,1-4H3. The quantitative estimate of drug-likeness (QED) is 0.711. The molecule has 1 heterocycles. The predicted octanol–water partition coefficient (Wildman–Crippen LogP) is 3.95. The summed E-state index contributed by atoms with van der Waals surface area (Å²) in [4.78, 5) is 14.1. The van der Waals surface area contributed by atoms with E-state index in [0.29, 0.717) is 18.7 Å². The molecule has 108 valence electrons. The second-order valence-electron chi connectivity index (χ2n) is 6.42. The zero-order valence-corrected chi connectivity index (χ0v) is 12.7. The van der Waals surface area contributed by atoms with Crippen LogP contribution < -0.4 is 0 Å². The number of hydrogen-bond acceptors (Lipinski definition) is 1. The maximum absolute atomic E-state index is 14.0. The monoisotopic (exact) mass is 275 g/mol. The zero-order valence-electron chi connectivity index (χ0n) is 12.7. The van der Waals surface area contributed by atoms with Crippen molar-refractivity contribution in [1.29, 1.82) is 0 Å². The van der Waals surface area contributed by atoms with Gasteiger partial charge >= 0.3 is 0 Å². The molecule has 2 nitrogen and oxygen atoms in total. The van der Waals surface area contributed by atoms with E-state index in [4.69, 9.17) is 0 Å². The van der Waals surface area contributed by atoms with Crippen LogP contribution >= 0.6 is 0 Å². The summed E-state index contributed by atoms with van der Waals surface area (Å²) >= 11 is 0. The Hall–Kier alpha value is -1.64. The SMILES string of the molecule is Cc1cccc(C(=O)N2CC=C(C(C)(C)C)CC2)c1F. The second kappa shape index (κ2) is 5.39. The van der Waals surface area contributed by atoms with E-state index in [9.17, 15) is 9.18 Å². The number of nitrogens with zero attached hydrogens (tertiary/aromatic N) is 1. The van der Waals surface area contributed by atoms with Gasteiger partial charge < -0.3 is 4.90 Å². The molecular weight excluding hydrogens is 253 g/mol. The lowest BCUT2D eigenvalue weighted by Gasteiger charge is -2.32. The summed E-state index contributed by atoms with van der Waals surface area (Å²) in [6, 6.07) is 4.97. The molecule has 1 aromatic rings. The van der Waals surface area contributed by atoms with E-state index in [1.54, 1.807) is 30.0 Å². The molecule has 1 aliphatic heterocycles. The van der Waals surface area contributed by atoms with E-state index < -0.39 is 5.82 Å². The van der Waals surface area contributed by atoms with Crippen molar-refractivity contribution in [2.24, 2.45) is 5.41 Å².